The highest BCUT2D eigenvalue weighted by molar-refractivity contribution is 7.14. The first-order valence-corrected chi connectivity index (χ1v) is 9.92. The number of nitrogens with one attached hydrogen (secondary N) is 1. The molecule has 0 fully saturated rings. The molecular formula is C19H17N3O4S2. The highest BCUT2D eigenvalue weighted by Gasteiger charge is 2.22. The van der Waals surface area contributed by atoms with Crippen molar-refractivity contribution in [2.24, 2.45) is 0 Å². The monoisotopic (exact) mass is 415 g/mol. The van der Waals surface area contributed by atoms with Gasteiger partial charge in [-0.3, -0.25) is 4.79 Å². The lowest BCUT2D eigenvalue weighted by molar-refractivity contribution is 0.0941. The zero-order valence-electron chi connectivity index (χ0n) is 15.4. The number of carbonyl (C=O) groups is 1. The molecule has 0 aliphatic carbocycles. The second kappa shape index (κ2) is 8.73. The Labute approximate surface area is 170 Å². The van der Waals surface area contributed by atoms with Gasteiger partial charge in [-0.2, -0.15) is 16.6 Å². The molecule has 2 aromatic heterocycles. The zero-order valence-corrected chi connectivity index (χ0v) is 17.0. The summed E-state index contributed by atoms with van der Waals surface area (Å²) in [6.07, 6.45) is 0. The smallest absolute Gasteiger partial charge is 0.272 e. The van der Waals surface area contributed by atoms with Crippen molar-refractivity contribution in [3.05, 3.63) is 45.6 Å². The summed E-state index contributed by atoms with van der Waals surface area (Å²) in [6.45, 7) is 0. The number of hydrogen-bond donors (Lipinski definition) is 1. The van der Waals surface area contributed by atoms with Crippen LogP contribution in [0.3, 0.4) is 0 Å². The Morgan fingerprint density at radius 1 is 1.18 bits per heavy atom. The van der Waals surface area contributed by atoms with Crippen LogP contribution in [0.2, 0.25) is 0 Å². The summed E-state index contributed by atoms with van der Waals surface area (Å²) >= 11 is 2.94. The summed E-state index contributed by atoms with van der Waals surface area (Å²) in [5.41, 5.74) is 1.74. The summed E-state index contributed by atoms with van der Waals surface area (Å²) in [7, 11) is 4.47. The van der Waals surface area contributed by atoms with Gasteiger partial charge < -0.3 is 19.5 Å². The molecule has 0 saturated carbocycles. The van der Waals surface area contributed by atoms with E-state index in [1.165, 1.54) is 32.7 Å². The minimum absolute atomic E-state index is 0.263. The molecular weight excluding hydrogens is 398 g/mol. The largest absolute Gasteiger partial charge is 0.493 e. The Morgan fingerprint density at radius 3 is 2.43 bits per heavy atom. The maximum atomic E-state index is 12.6. The van der Waals surface area contributed by atoms with E-state index in [2.05, 4.69) is 16.4 Å². The molecule has 1 aromatic carbocycles. The molecule has 0 saturated heterocycles. The Kier molecular flexibility index (Phi) is 6.13. The summed E-state index contributed by atoms with van der Waals surface area (Å²) in [5, 5.41) is 18.6. The Hall–Kier alpha value is -3.09. The van der Waals surface area contributed by atoms with Gasteiger partial charge in [-0.25, -0.2) is 4.98 Å². The average Bonchev–Trinajstić information content (AvgIpc) is 3.42. The lowest BCUT2D eigenvalue weighted by Crippen LogP contribution is -2.28. The van der Waals surface area contributed by atoms with Gasteiger partial charge in [-0.15, -0.1) is 11.3 Å². The van der Waals surface area contributed by atoms with E-state index in [9.17, 15) is 10.1 Å². The van der Waals surface area contributed by atoms with Crippen molar-refractivity contribution in [3.8, 4) is 33.9 Å². The molecule has 7 nitrogen and oxygen atoms in total. The van der Waals surface area contributed by atoms with E-state index in [0.717, 1.165) is 10.6 Å². The normalized spacial score (nSPS) is 11.4. The first-order valence-electron chi connectivity index (χ1n) is 8.09. The number of benzene rings is 1. The van der Waals surface area contributed by atoms with Crippen LogP contribution in [0.1, 0.15) is 22.1 Å². The molecule has 144 valence electrons. The van der Waals surface area contributed by atoms with Gasteiger partial charge in [0.1, 0.15) is 16.7 Å². The van der Waals surface area contributed by atoms with Crippen LogP contribution in [-0.4, -0.2) is 32.2 Å². The molecule has 1 amide bonds. The zero-order chi connectivity index (χ0) is 20.1. The molecule has 28 heavy (non-hydrogen) atoms. The number of aromatic nitrogens is 1. The van der Waals surface area contributed by atoms with Gasteiger partial charge in [0.2, 0.25) is 5.75 Å². The summed E-state index contributed by atoms with van der Waals surface area (Å²) in [5.74, 6) is 0.786. The molecule has 3 aromatic rings. The molecule has 0 spiro atoms. The minimum Gasteiger partial charge on any atom is -0.493 e. The van der Waals surface area contributed by atoms with E-state index in [0.29, 0.717) is 22.8 Å². The number of amides is 1. The standard InChI is InChI=1S/C19H17N3O4S2/c1-24-15-6-12(7-16(25-2)17(15)26-3)13(8-20)21-18(23)14-10-28-19(22-14)11-4-5-27-9-11/h4-7,9-10,13H,1-3H3,(H,21,23). The second-order valence-electron chi connectivity index (χ2n) is 5.54. The van der Waals surface area contributed by atoms with Crippen molar-refractivity contribution < 1.29 is 19.0 Å². The first kappa shape index (κ1) is 19.7. The van der Waals surface area contributed by atoms with Crippen LogP contribution in [0.15, 0.2) is 34.3 Å². The lowest BCUT2D eigenvalue weighted by Gasteiger charge is -2.17. The number of ether oxygens (including phenoxy) is 3. The third-order valence-corrected chi connectivity index (χ3v) is 5.50. The van der Waals surface area contributed by atoms with E-state index in [-0.39, 0.29) is 5.69 Å². The highest BCUT2D eigenvalue weighted by atomic mass is 32.1. The number of nitriles is 1. The van der Waals surface area contributed by atoms with Crippen molar-refractivity contribution in [1.29, 1.82) is 5.26 Å². The molecule has 2 heterocycles. The number of thiazole rings is 1. The van der Waals surface area contributed by atoms with Crippen LogP contribution in [-0.2, 0) is 0 Å². The molecule has 3 rings (SSSR count). The van der Waals surface area contributed by atoms with Gasteiger partial charge in [0.05, 0.1) is 27.4 Å². The number of nitrogens with zero attached hydrogens (tertiary/aromatic N) is 2. The maximum Gasteiger partial charge on any atom is 0.272 e. The fourth-order valence-corrected chi connectivity index (χ4v) is 4.07. The molecule has 9 heteroatoms. The van der Waals surface area contributed by atoms with Crippen molar-refractivity contribution >= 4 is 28.6 Å². The molecule has 0 aliphatic heterocycles. The quantitative estimate of drug-likeness (QED) is 0.629. The maximum absolute atomic E-state index is 12.6. The fraction of sp³-hybridized carbons (Fsp3) is 0.211. The van der Waals surface area contributed by atoms with Crippen LogP contribution in [0, 0.1) is 11.3 Å². The highest BCUT2D eigenvalue weighted by Crippen LogP contribution is 2.39. The number of hydrogen-bond acceptors (Lipinski definition) is 8. The van der Waals surface area contributed by atoms with E-state index < -0.39 is 11.9 Å². The SMILES string of the molecule is COc1cc(C(C#N)NC(=O)c2csc(-c3ccsc3)n2)cc(OC)c1OC. The molecule has 1 unspecified atom stereocenters. The molecule has 0 bridgehead atoms. The Bertz CT molecular complexity index is 984. The number of rotatable bonds is 7. The van der Waals surface area contributed by atoms with Gasteiger partial charge in [0.15, 0.2) is 11.5 Å². The van der Waals surface area contributed by atoms with Crippen molar-refractivity contribution in [1.82, 2.24) is 10.3 Å². The van der Waals surface area contributed by atoms with Crippen LogP contribution in [0.5, 0.6) is 17.2 Å². The van der Waals surface area contributed by atoms with Crippen molar-refractivity contribution in [3.63, 3.8) is 0 Å². The summed E-state index contributed by atoms with van der Waals surface area (Å²) in [6, 6.07) is 6.39. The molecule has 1 atom stereocenters. The van der Waals surface area contributed by atoms with Gasteiger partial charge in [0, 0.05) is 16.3 Å². The van der Waals surface area contributed by atoms with Gasteiger partial charge in [-0.1, -0.05) is 0 Å². The van der Waals surface area contributed by atoms with Crippen LogP contribution < -0.4 is 19.5 Å². The number of methoxy groups -OCH3 is 3. The minimum atomic E-state index is -0.910. The number of thiophene rings is 1. The first-order chi connectivity index (χ1) is 13.6. The topological polar surface area (TPSA) is 93.5 Å². The fourth-order valence-electron chi connectivity index (χ4n) is 2.56. The lowest BCUT2D eigenvalue weighted by atomic mass is 10.1. The average molecular weight is 415 g/mol. The third kappa shape index (κ3) is 3.93. The van der Waals surface area contributed by atoms with E-state index >= 15 is 0 Å². The third-order valence-electron chi connectivity index (χ3n) is 3.93. The summed E-state index contributed by atoms with van der Waals surface area (Å²) < 4.78 is 15.9. The van der Waals surface area contributed by atoms with E-state index in [1.807, 2.05) is 16.8 Å². The van der Waals surface area contributed by atoms with Crippen LogP contribution >= 0.6 is 22.7 Å². The van der Waals surface area contributed by atoms with Crippen LogP contribution in [0.4, 0.5) is 0 Å². The van der Waals surface area contributed by atoms with E-state index in [1.54, 1.807) is 28.8 Å². The van der Waals surface area contributed by atoms with E-state index in [4.69, 9.17) is 14.2 Å². The van der Waals surface area contributed by atoms with Crippen LogP contribution in [0.25, 0.3) is 10.6 Å². The molecule has 1 N–H and O–H groups in total. The van der Waals surface area contributed by atoms with Gasteiger partial charge in [-0.05, 0) is 29.1 Å². The Balaban J connectivity index is 1.84. The van der Waals surface area contributed by atoms with Crippen molar-refractivity contribution in [2.75, 3.05) is 21.3 Å². The predicted molar refractivity (Wildman–Crippen MR) is 107 cm³/mol. The summed E-state index contributed by atoms with van der Waals surface area (Å²) in [4.78, 5) is 17.0. The van der Waals surface area contributed by atoms with Gasteiger partial charge in [0.25, 0.3) is 5.91 Å². The van der Waals surface area contributed by atoms with Crippen molar-refractivity contribution in [2.45, 2.75) is 6.04 Å². The molecule has 0 radical (unpaired) electrons. The Morgan fingerprint density at radius 2 is 1.89 bits per heavy atom. The number of carbonyl (C=O) groups excluding carboxylic acids is 1. The second-order valence-corrected chi connectivity index (χ2v) is 7.18. The molecule has 0 aliphatic rings. The predicted octanol–water partition coefficient (Wildman–Crippen LogP) is 3.89. The van der Waals surface area contributed by atoms with Gasteiger partial charge >= 0.3 is 0 Å².